The summed E-state index contributed by atoms with van der Waals surface area (Å²) in [4.78, 5) is 0. The van der Waals surface area contributed by atoms with Crippen LogP contribution in [-0.2, 0) is 6.42 Å². The predicted molar refractivity (Wildman–Crippen MR) is 148 cm³/mol. The van der Waals surface area contributed by atoms with Crippen LogP contribution in [-0.4, -0.2) is 4.57 Å². The molecule has 166 valence electrons. The number of nitrogens with zero attached hydrogens (tertiary/aromatic N) is 1. The Morgan fingerprint density at radius 3 is 2.47 bits per heavy atom. The van der Waals surface area contributed by atoms with E-state index >= 15 is 0 Å². The summed E-state index contributed by atoms with van der Waals surface area (Å²) in [5, 5.41) is 4.15. The van der Waals surface area contributed by atoms with E-state index in [4.69, 9.17) is 0 Å². The van der Waals surface area contributed by atoms with Gasteiger partial charge in [0.2, 0.25) is 0 Å². The minimum Gasteiger partial charge on any atom is -0.312 e. The topological polar surface area (TPSA) is 4.93 Å². The molecule has 1 aliphatic rings. The third-order valence-corrected chi connectivity index (χ3v) is 8.86. The second-order valence-electron chi connectivity index (χ2n) is 9.54. The molecule has 2 heteroatoms. The summed E-state index contributed by atoms with van der Waals surface area (Å²) >= 11 is 1.89. The average Bonchev–Trinajstić information content (AvgIpc) is 3.44. The zero-order valence-electron chi connectivity index (χ0n) is 19.4. The summed E-state index contributed by atoms with van der Waals surface area (Å²) in [6.07, 6.45) is 4.96. The zero-order chi connectivity index (χ0) is 22.6. The second kappa shape index (κ2) is 7.85. The van der Waals surface area contributed by atoms with Crippen molar-refractivity contribution in [2.24, 2.45) is 0 Å². The first-order valence-electron chi connectivity index (χ1n) is 12.5. The van der Waals surface area contributed by atoms with Crippen LogP contribution in [0.25, 0.3) is 47.9 Å². The van der Waals surface area contributed by atoms with E-state index in [9.17, 15) is 0 Å². The highest BCUT2D eigenvalue weighted by molar-refractivity contribution is 7.25. The molecule has 7 rings (SSSR count). The number of aromatic nitrogens is 1. The number of benzene rings is 4. The summed E-state index contributed by atoms with van der Waals surface area (Å²) in [5.41, 5.74) is 8.37. The first-order valence-corrected chi connectivity index (χ1v) is 13.3. The van der Waals surface area contributed by atoms with E-state index < -0.39 is 0 Å². The van der Waals surface area contributed by atoms with Crippen molar-refractivity contribution in [3.05, 3.63) is 102 Å². The maximum atomic E-state index is 2.60. The van der Waals surface area contributed by atoms with E-state index in [0.717, 1.165) is 0 Å². The van der Waals surface area contributed by atoms with Crippen molar-refractivity contribution in [1.29, 1.82) is 0 Å². The van der Waals surface area contributed by atoms with Crippen LogP contribution in [0.15, 0.2) is 91.0 Å². The van der Waals surface area contributed by atoms with Gasteiger partial charge in [-0.1, -0.05) is 67.6 Å². The van der Waals surface area contributed by atoms with Gasteiger partial charge in [-0.3, -0.25) is 0 Å². The van der Waals surface area contributed by atoms with Gasteiger partial charge in [0.05, 0.1) is 11.2 Å². The van der Waals surface area contributed by atoms with Gasteiger partial charge in [-0.15, -0.1) is 11.3 Å². The number of hydrogen-bond acceptors (Lipinski definition) is 1. The lowest BCUT2D eigenvalue weighted by Crippen LogP contribution is -2.13. The molecule has 2 heterocycles. The largest absolute Gasteiger partial charge is 0.312 e. The van der Waals surface area contributed by atoms with Crippen LogP contribution >= 0.6 is 11.3 Å². The maximum Gasteiger partial charge on any atom is 0.0537 e. The third kappa shape index (κ3) is 2.91. The first kappa shape index (κ1) is 20.1. The number of fused-ring (bicyclic) bond motifs is 6. The molecule has 0 spiro atoms. The van der Waals surface area contributed by atoms with Crippen molar-refractivity contribution < 1.29 is 0 Å². The second-order valence-corrected chi connectivity index (χ2v) is 10.6. The van der Waals surface area contributed by atoms with Crippen molar-refractivity contribution in [2.75, 3.05) is 0 Å². The summed E-state index contributed by atoms with van der Waals surface area (Å²) < 4.78 is 5.32. The van der Waals surface area contributed by atoms with Gasteiger partial charge in [-0.2, -0.15) is 0 Å². The smallest absolute Gasteiger partial charge is 0.0537 e. The van der Waals surface area contributed by atoms with Crippen LogP contribution in [0.3, 0.4) is 0 Å². The number of hydrogen-bond donors (Lipinski definition) is 0. The molecule has 2 aromatic heterocycles. The quantitative estimate of drug-likeness (QED) is 0.249. The third-order valence-electron chi connectivity index (χ3n) is 7.71. The lowest BCUT2D eigenvalue weighted by atomic mass is 9.85. The molecule has 0 N–H and O–H groups in total. The number of para-hydroxylation sites is 2. The van der Waals surface area contributed by atoms with Crippen LogP contribution in [0.2, 0.25) is 0 Å². The Morgan fingerprint density at radius 1 is 0.794 bits per heavy atom. The molecule has 0 saturated heterocycles. The Morgan fingerprint density at radius 2 is 1.56 bits per heavy atom. The van der Waals surface area contributed by atoms with Crippen LogP contribution in [0.1, 0.15) is 43.4 Å². The van der Waals surface area contributed by atoms with E-state index in [1.165, 1.54) is 73.6 Å². The summed E-state index contributed by atoms with van der Waals surface area (Å²) in [7, 11) is 0. The first-order chi connectivity index (χ1) is 16.8. The minimum atomic E-state index is 0.618. The standard InChI is InChI=1S/C32H27NS/c1-2-21-10-9-14-26-24-12-4-7-16-29(24)33(32(21)26)28-15-6-3-11-23(28)22-18-19-31-27(20-22)25-13-5-8-17-30(25)34-31/h3-8,11-13,15-21H,2,9-10,14H2,1H3. The van der Waals surface area contributed by atoms with E-state index in [1.54, 1.807) is 11.3 Å². The average molecular weight is 458 g/mol. The van der Waals surface area contributed by atoms with Crippen LogP contribution in [0.5, 0.6) is 0 Å². The van der Waals surface area contributed by atoms with E-state index in [-0.39, 0.29) is 0 Å². The monoisotopic (exact) mass is 457 g/mol. The number of thiophene rings is 1. The SMILES string of the molecule is CCC1CCCc2c1n(-c1ccccc1-c1ccc3sc4ccccc4c3c1)c1ccccc21. The molecule has 1 nitrogen and oxygen atoms in total. The summed E-state index contributed by atoms with van der Waals surface area (Å²) in [6.45, 7) is 2.35. The molecule has 0 amide bonds. The molecule has 34 heavy (non-hydrogen) atoms. The maximum absolute atomic E-state index is 2.60. The lowest BCUT2D eigenvalue weighted by molar-refractivity contribution is 0.523. The molecule has 0 aliphatic heterocycles. The normalized spacial score (nSPS) is 15.9. The van der Waals surface area contributed by atoms with Gasteiger partial charge >= 0.3 is 0 Å². The Bertz CT molecular complexity index is 1680. The van der Waals surface area contributed by atoms with Gasteiger partial charge in [0.15, 0.2) is 0 Å². The van der Waals surface area contributed by atoms with Gasteiger partial charge in [-0.25, -0.2) is 0 Å². The van der Waals surface area contributed by atoms with Gasteiger partial charge in [0.1, 0.15) is 0 Å². The molecule has 6 aromatic rings. The van der Waals surface area contributed by atoms with Crippen molar-refractivity contribution in [3.8, 4) is 16.8 Å². The van der Waals surface area contributed by atoms with Gasteiger partial charge in [-0.05, 0) is 73.1 Å². The van der Waals surface area contributed by atoms with Gasteiger partial charge in [0.25, 0.3) is 0 Å². The minimum absolute atomic E-state index is 0.618. The van der Waals surface area contributed by atoms with Gasteiger partial charge < -0.3 is 4.57 Å². The highest BCUT2D eigenvalue weighted by Gasteiger charge is 2.28. The fraction of sp³-hybridized carbons (Fsp3) is 0.188. The highest BCUT2D eigenvalue weighted by atomic mass is 32.1. The Kier molecular flexibility index (Phi) is 4.63. The summed E-state index contributed by atoms with van der Waals surface area (Å²) in [5.74, 6) is 0.618. The van der Waals surface area contributed by atoms with Crippen molar-refractivity contribution >= 4 is 42.4 Å². The lowest BCUT2D eigenvalue weighted by Gasteiger charge is -2.26. The molecule has 1 unspecified atom stereocenters. The van der Waals surface area contributed by atoms with Crippen LogP contribution in [0, 0.1) is 0 Å². The highest BCUT2D eigenvalue weighted by Crippen LogP contribution is 2.44. The van der Waals surface area contributed by atoms with Crippen LogP contribution < -0.4 is 0 Å². The van der Waals surface area contributed by atoms with E-state index in [2.05, 4.69) is 102 Å². The predicted octanol–water partition coefficient (Wildman–Crippen LogP) is 9.50. The Hall–Kier alpha value is -3.36. The van der Waals surface area contributed by atoms with E-state index in [1.807, 2.05) is 11.3 Å². The van der Waals surface area contributed by atoms with Crippen LogP contribution in [0.4, 0.5) is 0 Å². The molecule has 1 aliphatic carbocycles. The molecule has 0 fully saturated rings. The van der Waals surface area contributed by atoms with Gasteiger partial charge in [0, 0.05) is 36.8 Å². The Labute approximate surface area is 204 Å². The molecule has 0 bridgehead atoms. The van der Waals surface area contributed by atoms with Crippen molar-refractivity contribution in [3.63, 3.8) is 0 Å². The Balaban J connectivity index is 1.51. The molecular weight excluding hydrogens is 430 g/mol. The fourth-order valence-electron chi connectivity index (χ4n) is 6.14. The van der Waals surface area contributed by atoms with E-state index in [0.29, 0.717) is 5.92 Å². The zero-order valence-corrected chi connectivity index (χ0v) is 20.2. The molecule has 1 atom stereocenters. The molecule has 4 aromatic carbocycles. The molecule has 0 radical (unpaired) electrons. The molecule has 0 saturated carbocycles. The number of rotatable bonds is 3. The van der Waals surface area contributed by atoms with Crippen molar-refractivity contribution in [1.82, 2.24) is 4.57 Å². The fourth-order valence-corrected chi connectivity index (χ4v) is 7.23. The van der Waals surface area contributed by atoms with Crippen molar-refractivity contribution in [2.45, 2.75) is 38.5 Å². The molecular formula is C32H27NS. The summed E-state index contributed by atoms with van der Waals surface area (Å²) in [6, 6.07) is 33.8. The number of aryl methyl sites for hydroxylation is 1.